The number of piperazine rings is 1. The highest BCUT2D eigenvalue weighted by Crippen LogP contribution is 2.19. The molecule has 1 aliphatic heterocycles. The number of nitrogens with one attached hydrogen (secondary N) is 1. The molecule has 1 aliphatic rings. The van der Waals surface area contributed by atoms with Crippen LogP contribution in [-0.4, -0.2) is 59.3 Å². The maximum absolute atomic E-state index is 12.4. The van der Waals surface area contributed by atoms with Crippen molar-refractivity contribution in [3.05, 3.63) is 59.4 Å². The number of rotatable bonds is 6. The minimum atomic E-state index is -0.00578. The van der Waals surface area contributed by atoms with E-state index in [9.17, 15) is 9.59 Å². The molecule has 0 radical (unpaired) electrons. The number of para-hydroxylation sites is 1. The minimum absolute atomic E-state index is 0.00578. The molecule has 2 heterocycles. The molecule has 148 valence electrons. The summed E-state index contributed by atoms with van der Waals surface area (Å²) in [5.41, 5.74) is 4.11. The van der Waals surface area contributed by atoms with Crippen LogP contribution < -0.4 is 5.32 Å². The van der Waals surface area contributed by atoms with E-state index < -0.39 is 0 Å². The van der Waals surface area contributed by atoms with Gasteiger partial charge in [0.1, 0.15) is 0 Å². The molecule has 3 rings (SSSR count). The lowest BCUT2D eigenvalue weighted by atomic mass is 10.1. The van der Waals surface area contributed by atoms with Crippen LogP contribution in [0.3, 0.4) is 0 Å². The second-order valence-corrected chi connectivity index (χ2v) is 7.33. The number of nitrogens with zero attached hydrogens (tertiary/aromatic N) is 3. The molecular weight excluding hydrogens is 352 g/mol. The van der Waals surface area contributed by atoms with Crippen LogP contribution in [0.1, 0.15) is 23.1 Å². The number of aromatic nitrogens is 1. The van der Waals surface area contributed by atoms with Gasteiger partial charge < -0.3 is 10.2 Å². The van der Waals surface area contributed by atoms with Crippen LogP contribution in [-0.2, 0) is 16.0 Å². The zero-order valence-electron chi connectivity index (χ0n) is 16.6. The van der Waals surface area contributed by atoms with Gasteiger partial charge in [-0.3, -0.25) is 19.5 Å². The number of anilines is 1. The smallest absolute Gasteiger partial charge is 0.238 e. The average Bonchev–Trinajstić information content (AvgIpc) is 2.70. The Bertz CT molecular complexity index is 794. The minimum Gasteiger partial charge on any atom is -0.340 e. The highest BCUT2D eigenvalue weighted by Gasteiger charge is 2.22. The van der Waals surface area contributed by atoms with Crippen LogP contribution in [0.15, 0.2) is 42.7 Å². The van der Waals surface area contributed by atoms with E-state index in [0.29, 0.717) is 32.5 Å². The van der Waals surface area contributed by atoms with E-state index in [1.54, 1.807) is 12.4 Å². The van der Waals surface area contributed by atoms with E-state index in [-0.39, 0.29) is 11.8 Å². The van der Waals surface area contributed by atoms with E-state index in [1.165, 1.54) is 0 Å². The lowest BCUT2D eigenvalue weighted by Crippen LogP contribution is -2.50. The monoisotopic (exact) mass is 380 g/mol. The molecule has 0 spiro atoms. The van der Waals surface area contributed by atoms with Crippen molar-refractivity contribution in [1.29, 1.82) is 0 Å². The third-order valence-corrected chi connectivity index (χ3v) is 5.19. The molecule has 1 saturated heterocycles. The van der Waals surface area contributed by atoms with Crippen LogP contribution in [0.2, 0.25) is 0 Å². The first-order chi connectivity index (χ1) is 13.5. The fraction of sp³-hybridized carbons (Fsp3) is 0.409. The second-order valence-electron chi connectivity index (χ2n) is 7.33. The molecule has 0 aliphatic carbocycles. The van der Waals surface area contributed by atoms with Crippen molar-refractivity contribution in [3.8, 4) is 0 Å². The van der Waals surface area contributed by atoms with Crippen LogP contribution in [0.4, 0.5) is 5.69 Å². The summed E-state index contributed by atoms with van der Waals surface area (Å²) >= 11 is 0. The predicted octanol–water partition coefficient (Wildman–Crippen LogP) is 2.41. The normalized spacial score (nSPS) is 14.7. The summed E-state index contributed by atoms with van der Waals surface area (Å²) in [5.74, 6) is 0.164. The Hall–Kier alpha value is -2.73. The van der Waals surface area contributed by atoms with Gasteiger partial charge in [0.2, 0.25) is 11.8 Å². The van der Waals surface area contributed by atoms with E-state index in [4.69, 9.17) is 0 Å². The number of carbonyl (C=O) groups is 2. The Morgan fingerprint density at radius 1 is 1.04 bits per heavy atom. The molecule has 2 amide bonds. The molecular formula is C22H28N4O2. The molecule has 1 aromatic carbocycles. The standard InChI is InChI=1S/C22H28N4O2/c1-17-5-3-6-18(2)22(17)24-20(27)16-25-11-13-26(14-12-25)21(28)9-8-19-7-4-10-23-15-19/h3-7,10,15H,8-9,11-14,16H2,1-2H3,(H,24,27). The Balaban J connectivity index is 1.42. The molecule has 28 heavy (non-hydrogen) atoms. The van der Waals surface area contributed by atoms with Crippen molar-refractivity contribution in [3.63, 3.8) is 0 Å². The lowest BCUT2D eigenvalue weighted by Gasteiger charge is -2.34. The molecule has 1 N–H and O–H groups in total. The Morgan fingerprint density at radius 2 is 1.75 bits per heavy atom. The fourth-order valence-electron chi connectivity index (χ4n) is 3.50. The predicted molar refractivity (Wildman–Crippen MR) is 110 cm³/mol. The van der Waals surface area contributed by atoms with Crippen molar-refractivity contribution < 1.29 is 9.59 Å². The number of hydrogen-bond donors (Lipinski definition) is 1. The largest absolute Gasteiger partial charge is 0.340 e. The number of hydrogen-bond acceptors (Lipinski definition) is 4. The molecule has 0 bridgehead atoms. The highest BCUT2D eigenvalue weighted by molar-refractivity contribution is 5.93. The number of benzene rings is 1. The van der Waals surface area contributed by atoms with Gasteiger partial charge in [0.25, 0.3) is 0 Å². The van der Waals surface area contributed by atoms with Gasteiger partial charge in [0.05, 0.1) is 6.54 Å². The number of amides is 2. The SMILES string of the molecule is Cc1cccc(C)c1NC(=O)CN1CCN(C(=O)CCc2cccnc2)CC1. The number of carbonyl (C=O) groups excluding carboxylic acids is 2. The first kappa shape index (κ1) is 20.0. The maximum Gasteiger partial charge on any atom is 0.238 e. The molecule has 6 nitrogen and oxygen atoms in total. The Labute approximate surface area is 166 Å². The van der Waals surface area contributed by atoms with Gasteiger partial charge in [-0.05, 0) is 43.0 Å². The van der Waals surface area contributed by atoms with E-state index >= 15 is 0 Å². The fourth-order valence-corrected chi connectivity index (χ4v) is 3.50. The summed E-state index contributed by atoms with van der Waals surface area (Å²) in [6.07, 6.45) is 4.75. The Morgan fingerprint density at radius 3 is 2.39 bits per heavy atom. The zero-order chi connectivity index (χ0) is 19.9. The molecule has 0 atom stereocenters. The third-order valence-electron chi connectivity index (χ3n) is 5.19. The third kappa shape index (κ3) is 5.39. The van der Waals surface area contributed by atoms with E-state index in [0.717, 1.165) is 35.5 Å². The van der Waals surface area contributed by atoms with Crippen molar-refractivity contribution in [2.24, 2.45) is 0 Å². The summed E-state index contributed by atoms with van der Waals surface area (Å²) in [5, 5.41) is 3.03. The zero-order valence-corrected chi connectivity index (χ0v) is 16.6. The van der Waals surface area contributed by atoms with E-state index in [1.807, 2.05) is 49.1 Å². The summed E-state index contributed by atoms with van der Waals surface area (Å²) in [7, 11) is 0. The van der Waals surface area contributed by atoms with Crippen molar-refractivity contribution in [2.75, 3.05) is 38.0 Å². The Kier molecular flexibility index (Phi) is 6.76. The van der Waals surface area contributed by atoms with Gasteiger partial charge >= 0.3 is 0 Å². The first-order valence-electron chi connectivity index (χ1n) is 9.78. The summed E-state index contributed by atoms with van der Waals surface area (Å²) < 4.78 is 0. The molecule has 1 fully saturated rings. The molecule has 1 aromatic heterocycles. The topological polar surface area (TPSA) is 65.5 Å². The van der Waals surface area contributed by atoms with Crippen molar-refractivity contribution >= 4 is 17.5 Å². The van der Waals surface area contributed by atoms with Crippen molar-refractivity contribution in [2.45, 2.75) is 26.7 Å². The first-order valence-corrected chi connectivity index (χ1v) is 9.78. The van der Waals surface area contributed by atoms with Gasteiger partial charge in [-0.15, -0.1) is 0 Å². The molecule has 2 aromatic rings. The quantitative estimate of drug-likeness (QED) is 0.836. The molecule has 6 heteroatoms. The molecule has 0 saturated carbocycles. The van der Waals surface area contributed by atoms with Crippen LogP contribution in [0.5, 0.6) is 0 Å². The highest BCUT2D eigenvalue weighted by atomic mass is 16.2. The average molecular weight is 380 g/mol. The number of aryl methyl sites for hydroxylation is 3. The number of pyridine rings is 1. The maximum atomic E-state index is 12.4. The van der Waals surface area contributed by atoms with Gasteiger partial charge in [0, 0.05) is 50.7 Å². The van der Waals surface area contributed by atoms with Gasteiger partial charge in [-0.1, -0.05) is 24.3 Å². The van der Waals surface area contributed by atoms with Gasteiger partial charge in [0.15, 0.2) is 0 Å². The summed E-state index contributed by atoms with van der Waals surface area (Å²) in [6, 6.07) is 9.87. The van der Waals surface area contributed by atoms with Crippen LogP contribution in [0, 0.1) is 13.8 Å². The lowest BCUT2D eigenvalue weighted by molar-refractivity contribution is -0.133. The summed E-state index contributed by atoms with van der Waals surface area (Å²) in [6.45, 7) is 7.13. The van der Waals surface area contributed by atoms with Gasteiger partial charge in [-0.2, -0.15) is 0 Å². The van der Waals surface area contributed by atoms with Crippen LogP contribution in [0.25, 0.3) is 0 Å². The summed E-state index contributed by atoms with van der Waals surface area (Å²) in [4.78, 5) is 32.9. The second kappa shape index (κ2) is 9.46. The molecule has 0 unspecified atom stereocenters. The van der Waals surface area contributed by atoms with Crippen molar-refractivity contribution in [1.82, 2.24) is 14.8 Å². The van der Waals surface area contributed by atoms with Gasteiger partial charge in [-0.25, -0.2) is 0 Å². The van der Waals surface area contributed by atoms with E-state index in [2.05, 4.69) is 15.2 Å². The van der Waals surface area contributed by atoms with Crippen LogP contribution >= 0.6 is 0 Å².